The van der Waals surface area contributed by atoms with Gasteiger partial charge in [0.05, 0.1) is 5.69 Å². The highest BCUT2D eigenvalue weighted by atomic mass is 19.1. The van der Waals surface area contributed by atoms with Crippen LogP contribution in [0.1, 0.15) is 18.5 Å². The van der Waals surface area contributed by atoms with Crippen molar-refractivity contribution in [3.8, 4) is 5.88 Å². The van der Waals surface area contributed by atoms with Crippen LogP contribution in [0.2, 0.25) is 0 Å². The van der Waals surface area contributed by atoms with Crippen molar-refractivity contribution in [3.63, 3.8) is 0 Å². The highest BCUT2D eigenvalue weighted by Gasteiger charge is 2.21. The Labute approximate surface area is 122 Å². The molecule has 1 saturated heterocycles. The van der Waals surface area contributed by atoms with Crippen LogP contribution in [0.25, 0.3) is 0 Å². The van der Waals surface area contributed by atoms with Gasteiger partial charge in [-0.3, -0.25) is 9.58 Å². The number of aryl methyl sites for hydroxylation is 1. The zero-order chi connectivity index (χ0) is 14.7. The van der Waals surface area contributed by atoms with E-state index < -0.39 is 5.95 Å². The van der Waals surface area contributed by atoms with Gasteiger partial charge in [0.2, 0.25) is 11.8 Å². The van der Waals surface area contributed by atoms with E-state index in [1.165, 1.54) is 6.07 Å². The highest BCUT2D eigenvalue weighted by Crippen LogP contribution is 2.18. The van der Waals surface area contributed by atoms with Crippen LogP contribution in [0.15, 0.2) is 24.4 Å². The number of likely N-dealkylation sites (tertiary alicyclic amines) is 1. The van der Waals surface area contributed by atoms with Crippen LogP contribution >= 0.6 is 0 Å². The average molecular weight is 291 g/mol. The molecular formula is C14H18FN5O. The fourth-order valence-electron chi connectivity index (χ4n) is 2.51. The van der Waals surface area contributed by atoms with E-state index in [9.17, 15) is 4.39 Å². The standard InChI is InChI=1S/C14H18FN5O/c1-19-9-11(17-18-19)10-20-7-5-12(6-8-20)21-14-4-2-3-13(15)16-14/h2-4,9,12H,5-8,10H2,1H3. The van der Waals surface area contributed by atoms with Crippen molar-refractivity contribution in [2.45, 2.75) is 25.5 Å². The lowest BCUT2D eigenvalue weighted by molar-refractivity contribution is 0.0918. The maximum Gasteiger partial charge on any atom is 0.216 e. The number of halogens is 1. The topological polar surface area (TPSA) is 56.1 Å². The summed E-state index contributed by atoms with van der Waals surface area (Å²) in [6.07, 6.45) is 3.83. The van der Waals surface area contributed by atoms with Crippen LogP contribution in [0, 0.1) is 5.95 Å². The molecule has 1 aliphatic heterocycles. The molecular weight excluding hydrogens is 273 g/mol. The van der Waals surface area contributed by atoms with Crippen molar-refractivity contribution in [1.29, 1.82) is 0 Å². The molecule has 0 aliphatic carbocycles. The molecule has 0 bridgehead atoms. The van der Waals surface area contributed by atoms with Crippen LogP contribution < -0.4 is 4.74 Å². The molecule has 21 heavy (non-hydrogen) atoms. The summed E-state index contributed by atoms with van der Waals surface area (Å²) in [5.41, 5.74) is 0.976. The normalized spacial score (nSPS) is 17.0. The lowest BCUT2D eigenvalue weighted by Gasteiger charge is -2.31. The van der Waals surface area contributed by atoms with Gasteiger partial charge >= 0.3 is 0 Å². The molecule has 0 amide bonds. The van der Waals surface area contributed by atoms with E-state index in [2.05, 4.69) is 20.2 Å². The second-order valence-corrected chi connectivity index (χ2v) is 5.28. The molecule has 6 nitrogen and oxygen atoms in total. The SMILES string of the molecule is Cn1cc(CN2CCC(Oc3cccc(F)n3)CC2)nn1. The van der Waals surface area contributed by atoms with Gasteiger partial charge in [0.25, 0.3) is 0 Å². The summed E-state index contributed by atoms with van der Waals surface area (Å²) in [6.45, 7) is 2.66. The second kappa shape index (κ2) is 6.17. The minimum absolute atomic E-state index is 0.0948. The summed E-state index contributed by atoms with van der Waals surface area (Å²) in [6, 6.07) is 4.62. The Kier molecular flexibility index (Phi) is 4.10. The van der Waals surface area contributed by atoms with Crippen LogP contribution in [0.4, 0.5) is 4.39 Å². The van der Waals surface area contributed by atoms with Gasteiger partial charge in [-0.1, -0.05) is 11.3 Å². The van der Waals surface area contributed by atoms with Gasteiger partial charge in [0.1, 0.15) is 6.10 Å². The number of rotatable bonds is 4. The molecule has 0 spiro atoms. The number of ether oxygens (including phenoxy) is 1. The van der Waals surface area contributed by atoms with Crippen molar-refractivity contribution in [2.75, 3.05) is 13.1 Å². The monoisotopic (exact) mass is 291 g/mol. The first-order valence-electron chi connectivity index (χ1n) is 7.06. The van der Waals surface area contributed by atoms with Crippen LogP contribution in [-0.4, -0.2) is 44.1 Å². The fraction of sp³-hybridized carbons (Fsp3) is 0.500. The third-order valence-corrected chi connectivity index (χ3v) is 3.55. The van der Waals surface area contributed by atoms with Gasteiger partial charge in [-0.05, 0) is 18.9 Å². The summed E-state index contributed by atoms with van der Waals surface area (Å²) in [7, 11) is 1.86. The molecule has 1 fully saturated rings. The Morgan fingerprint density at radius 2 is 2.14 bits per heavy atom. The molecule has 0 atom stereocenters. The van der Waals surface area contributed by atoms with Gasteiger partial charge in [-0.15, -0.1) is 5.10 Å². The molecule has 112 valence electrons. The largest absolute Gasteiger partial charge is 0.474 e. The molecule has 7 heteroatoms. The van der Waals surface area contributed by atoms with Crippen LogP contribution in [0.5, 0.6) is 5.88 Å². The third-order valence-electron chi connectivity index (χ3n) is 3.55. The molecule has 0 N–H and O–H groups in total. The molecule has 2 aromatic heterocycles. The number of aromatic nitrogens is 4. The van der Waals surface area contributed by atoms with Gasteiger partial charge < -0.3 is 4.74 Å². The molecule has 0 radical (unpaired) electrons. The van der Waals surface area contributed by atoms with Crippen LogP contribution in [-0.2, 0) is 13.6 Å². The quantitative estimate of drug-likeness (QED) is 0.797. The maximum atomic E-state index is 13.0. The average Bonchev–Trinajstić information content (AvgIpc) is 2.86. The highest BCUT2D eigenvalue weighted by molar-refractivity contribution is 5.10. The van der Waals surface area contributed by atoms with Crippen molar-refractivity contribution in [3.05, 3.63) is 36.0 Å². The van der Waals surface area contributed by atoms with Gasteiger partial charge in [0, 0.05) is 38.9 Å². The first kappa shape index (κ1) is 13.9. The number of nitrogens with zero attached hydrogens (tertiary/aromatic N) is 5. The molecule has 3 heterocycles. The minimum Gasteiger partial charge on any atom is -0.474 e. The van der Waals surface area contributed by atoms with E-state index >= 15 is 0 Å². The number of hydrogen-bond donors (Lipinski definition) is 0. The van der Waals surface area contributed by atoms with E-state index in [1.807, 2.05) is 13.2 Å². The molecule has 3 rings (SSSR count). The van der Waals surface area contributed by atoms with Crippen molar-refractivity contribution in [1.82, 2.24) is 24.9 Å². The number of pyridine rings is 1. The van der Waals surface area contributed by atoms with E-state index in [0.29, 0.717) is 5.88 Å². The molecule has 1 aliphatic rings. The van der Waals surface area contributed by atoms with E-state index in [4.69, 9.17) is 4.74 Å². The molecule has 0 unspecified atom stereocenters. The Balaban J connectivity index is 1.48. The summed E-state index contributed by atoms with van der Waals surface area (Å²) >= 11 is 0. The summed E-state index contributed by atoms with van der Waals surface area (Å²) in [4.78, 5) is 6.06. The van der Waals surface area contributed by atoms with Gasteiger partial charge in [-0.25, -0.2) is 0 Å². The number of piperidine rings is 1. The molecule has 0 saturated carbocycles. The Bertz CT molecular complexity index is 595. The molecule has 2 aromatic rings. The third kappa shape index (κ3) is 3.75. The Morgan fingerprint density at radius 3 is 2.81 bits per heavy atom. The summed E-state index contributed by atoms with van der Waals surface area (Å²) in [5.74, 6) is -0.144. The maximum absolute atomic E-state index is 13.0. The Hall–Kier alpha value is -2.02. The van der Waals surface area contributed by atoms with E-state index in [-0.39, 0.29) is 6.10 Å². The van der Waals surface area contributed by atoms with Gasteiger partial charge in [0.15, 0.2) is 0 Å². The van der Waals surface area contributed by atoms with Crippen molar-refractivity contribution < 1.29 is 9.13 Å². The predicted octanol–water partition coefficient (Wildman–Crippen LogP) is 1.39. The summed E-state index contributed by atoms with van der Waals surface area (Å²) < 4.78 is 20.5. The fourth-order valence-corrected chi connectivity index (χ4v) is 2.51. The van der Waals surface area contributed by atoms with Gasteiger partial charge in [-0.2, -0.15) is 9.37 Å². The Morgan fingerprint density at radius 1 is 1.33 bits per heavy atom. The zero-order valence-corrected chi connectivity index (χ0v) is 11.9. The van der Waals surface area contributed by atoms with E-state index in [0.717, 1.165) is 38.2 Å². The van der Waals surface area contributed by atoms with Crippen molar-refractivity contribution >= 4 is 0 Å². The molecule has 0 aromatic carbocycles. The first-order valence-corrected chi connectivity index (χ1v) is 7.06. The predicted molar refractivity (Wildman–Crippen MR) is 74.1 cm³/mol. The smallest absolute Gasteiger partial charge is 0.216 e. The zero-order valence-electron chi connectivity index (χ0n) is 11.9. The summed E-state index contributed by atoms with van der Waals surface area (Å²) in [5, 5.41) is 8.03. The lowest BCUT2D eigenvalue weighted by Crippen LogP contribution is -2.38. The van der Waals surface area contributed by atoms with E-state index in [1.54, 1.807) is 16.8 Å². The lowest BCUT2D eigenvalue weighted by atomic mass is 10.1. The van der Waals surface area contributed by atoms with Crippen molar-refractivity contribution in [2.24, 2.45) is 7.05 Å². The minimum atomic E-state index is -0.507. The first-order chi connectivity index (χ1) is 10.2. The second-order valence-electron chi connectivity index (χ2n) is 5.28. The number of hydrogen-bond acceptors (Lipinski definition) is 5. The van der Waals surface area contributed by atoms with Crippen LogP contribution in [0.3, 0.4) is 0 Å².